The van der Waals surface area contributed by atoms with Crippen LogP contribution in [0.5, 0.6) is 0 Å². The van der Waals surface area contributed by atoms with Gasteiger partial charge >= 0.3 is 0 Å². The summed E-state index contributed by atoms with van der Waals surface area (Å²) in [5, 5.41) is 5.65. The van der Waals surface area contributed by atoms with E-state index in [0.717, 1.165) is 18.4 Å². The van der Waals surface area contributed by atoms with E-state index in [2.05, 4.69) is 25.6 Å². The number of aromatic nitrogens is 3. The molecular weight excluding hydrogens is 285 g/mol. The zero-order valence-corrected chi connectivity index (χ0v) is 12.5. The van der Waals surface area contributed by atoms with Crippen LogP contribution in [0.1, 0.15) is 25.8 Å². The molecule has 0 radical (unpaired) electrons. The number of benzene rings is 1. The van der Waals surface area contributed by atoms with Gasteiger partial charge in [0, 0.05) is 13.0 Å². The topological polar surface area (TPSA) is 79.8 Å². The average Bonchev–Trinajstić information content (AvgIpc) is 2.46. The highest BCUT2D eigenvalue weighted by Crippen LogP contribution is 2.10. The van der Waals surface area contributed by atoms with Crippen molar-refractivity contribution in [2.75, 3.05) is 10.6 Å². The van der Waals surface area contributed by atoms with Crippen LogP contribution < -0.4 is 10.6 Å². The van der Waals surface area contributed by atoms with E-state index < -0.39 is 0 Å². The SMILES string of the molecule is CC(=O)Nc1ncnc(NC(C)CCc2ccc(F)cc2)n1. The molecule has 1 unspecified atom stereocenters. The van der Waals surface area contributed by atoms with Gasteiger partial charge in [0.05, 0.1) is 0 Å². The number of nitrogens with zero attached hydrogens (tertiary/aromatic N) is 3. The number of rotatable bonds is 6. The summed E-state index contributed by atoms with van der Waals surface area (Å²) in [7, 11) is 0. The molecule has 0 fully saturated rings. The lowest BCUT2D eigenvalue weighted by Gasteiger charge is -2.14. The highest BCUT2D eigenvalue weighted by atomic mass is 19.1. The van der Waals surface area contributed by atoms with Crippen molar-refractivity contribution in [1.29, 1.82) is 0 Å². The van der Waals surface area contributed by atoms with Crippen molar-refractivity contribution in [2.45, 2.75) is 32.7 Å². The fraction of sp³-hybridized carbons (Fsp3) is 0.333. The van der Waals surface area contributed by atoms with Crippen molar-refractivity contribution in [2.24, 2.45) is 0 Å². The first-order chi connectivity index (χ1) is 10.5. The molecule has 0 bridgehead atoms. The molecule has 1 aromatic carbocycles. The third-order valence-electron chi connectivity index (χ3n) is 3.01. The van der Waals surface area contributed by atoms with Crippen molar-refractivity contribution in [3.63, 3.8) is 0 Å². The van der Waals surface area contributed by atoms with Crippen LogP contribution in [-0.4, -0.2) is 26.9 Å². The molecule has 0 saturated heterocycles. The number of hydrogen-bond acceptors (Lipinski definition) is 5. The van der Waals surface area contributed by atoms with Crippen LogP contribution in [0, 0.1) is 5.82 Å². The standard InChI is InChI=1S/C15H18FN5O/c1-10(3-4-12-5-7-13(16)8-6-12)19-14-17-9-18-15(21-14)20-11(2)22/h5-10H,3-4H2,1-2H3,(H2,17,18,19,20,21,22). The zero-order chi connectivity index (χ0) is 15.9. The summed E-state index contributed by atoms with van der Waals surface area (Å²) in [5.74, 6) is 0.160. The number of aryl methyl sites for hydroxylation is 1. The highest BCUT2D eigenvalue weighted by Gasteiger charge is 2.07. The van der Waals surface area contributed by atoms with Crippen LogP contribution in [0.15, 0.2) is 30.6 Å². The molecule has 0 aliphatic rings. The van der Waals surface area contributed by atoms with E-state index in [4.69, 9.17) is 0 Å². The Morgan fingerprint density at radius 2 is 1.91 bits per heavy atom. The molecule has 1 atom stereocenters. The van der Waals surface area contributed by atoms with E-state index in [1.165, 1.54) is 25.4 Å². The molecule has 1 amide bonds. The van der Waals surface area contributed by atoms with E-state index in [9.17, 15) is 9.18 Å². The normalized spacial score (nSPS) is 11.8. The molecule has 0 aliphatic carbocycles. The van der Waals surface area contributed by atoms with Gasteiger partial charge in [0.2, 0.25) is 17.8 Å². The van der Waals surface area contributed by atoms with Gasteiger partial charge in [-0.25, -0.2) is 14.4 Å². The molecule has 0 spiro atoms. The molecule has 0 saturated carbocycles. The molecule has 2 rings (SSSR count). The van der Waals surface area contributed by atoms with Gasteiger partial charge in [-0.2, -0.15) is 4.98 Å². The highest BCUT2D eigenvalue weighted by molar-refractivity contribution is 5.86. The Labute approximate surface area is 128 Å². The molecule has 2 aromatic rings. The van der Waals surface area contributed by atoms with Crippen molar-refractivity contribution >= 4 is 17.8 Å². The molecule has 2 N–H and O–H groups in total. The van der Waals surface area contributed by atoms with Crippen LogP contribution in [0.4, 0.5) is 16.3 Å². The number of amides is 1. The van der Waals surface area contributed by atoms with E-state index in [-0.39, 0.29) is 23.7 Å². The molecule has 1 heterocycles. The third kappa shape index (κ3) is 5.08. The van der Waals surface area contributed by atoms with Gasteiger partial charge in [-0.15, -0.1) is 0 Å². The first-order valence-electron chi connectivity index (χ1n) is 7.00. The minimum atomic E-state index is -0.235. The van der Waals surface area contributed by atoms with Crippen LogP contribution in [-0.2, 0) is 11.2 Å². The van der Waals surface area contributed by atoms with E-state index in [1.807, 2.05) is 6.92 Å². The Morgan fingerprint density at radius 1 is 1.23 bits per heavy atom. The summed E-state index contributed by atoms with van der Waals surface area (Å²) in [6, 6.07) is 6.59. The predicted octanol–water partition coefficient (Wildman–Crippen LogP) is 2.40. The molecule has 1 aromatic heterocycles. The first kappa shape index (κ1) is 15.8. The van der Waals surface area contributed by atoms with Gasteiger partial charge in [0.1, 0.15) is 12.1 Å². The second-order valence-corrected chi connectivity index (χ2v) is 5.02. The third-order valence-corrected chi connectivity index (χ3v) is 3.01. The van der Waals surface area contributed by atoms with Crippen molar-refractivity contribution in [3.05, 3.63) is 42.0 Å². The number of carbonyl (C=O) groups excluding carboxylic acids is 1. The minimum absolute atomic E-state index is 0.123. The molecule has 7 heteroatoms. The van der Waals surface area contributed by atoms with Crippen LogP contribution in [0.25, 0.3) is 0 Å². The Hall–Kier alpha value is -2.57. The second kappa shape index (κ2) is 7.44. The molecule has 6 nitrogen and oxygen atoms in total. The number of halogens is 1. The van der Waals surface area contributed by atoms with Gasteiger partial charge in [0.25, 0.3) is 0 Å². The monoisotopic (exact) mass is 303 g/mol. The number of hydrogen-bond donors (Lipinski definition) is 2. The van der Waals surface area contributed by atoms with Crippen LogP contribution in [0.2, 0.25) is 0 Å². The number of anilines is 2. The Balaban J connectivity index is 1.87. The van der Waals surface area contributed by atoms with Gasteiger partial charge < -0.3 is 5.32 Å². The fourth-order valence-electron chi connectivity index (χ4n) is 1.91. The lowest BCUT2D eigenvalue weighted by atomic mass is 10.1. The Kier molecular flexibility index (Phi) is 5.35. The average molecular weight is 303 g/mol. The summed E-state index contributed by atoms with van der Waals surface area (Å²) < 4.78 is 12.8. The summed E-state index contributed by atoms with van der Waals surface area (Å²) in [6.45, 7) is 3.40. The first-order valence-corrected chi connectivity index (χ1v) is 7.00. The Bertz CT molecular complexity index is 632. The van der Waals surface area contributed by atoms with Gasteiger partial charge in [0.15, 0.2) is 0 Å². The number of carbonyl (C=O) groups is 1. The smallest absolute Gasteiger partial charge is 0.234 e. The summed E-state index contributed by atoms with van der Waals surface area (Å²) in [5.41, 5.74) is 1.07. The van der Waals surface area contributed by atoms with Gasteiger partial charge in [-0.3, -0.25) is 10.1 Å². The van der Waals surface area contributed by atoms with Gasteiger partial charge in [-0.1, -0.05) is 12.1 Å². The summed E-state index contributed by atoms with van der Waals surface area (Å²) in [6.07, 6.45) is 3.00. The van der Waals surface area contributed by atoms with Crippen LogP contribution >= 0.6 is 0 Å². The van der Waals surface area contributed by atoms with Gasteiger partial charge in [-0.05, 0) is 37.5 Å². The summed E-state index contributed by atoms with van der Waals surface area (Å²) in [4.78, 5) is 23.0. The lowest BCUT2D eigenvalue weighted by molar-refractivity contribution is -0.114. The second-order valence-electron chi connectivity index (χ2n) is 5.02. The van der Waals surface area contributed by atoms with Crippen molar-refractivity contribution in [1.82, 2.24) is 15.0 Å². The molecule has 22 heavy (non-hydrogen) atoms. The quantitative estimate of drug-likeness (QED) is 0.856. The fourth-order valence-corrected chi connectivity index (χ4v) is 1.91. The van der Waals surface area contributed by atoms with E-state index in [0.29, 0.717) is 5.95 Å². The summed E-state index contributed by atoms with van der Waals surface area (Å²) >= 11 is 0. The predicted molar refractivity (Wildman–Crippen MR) is 81.9 cm³/mol. The minimum Gasteiger partial charge on any atom is -0.352 e. The lowest BCUT2D eigenvalue weighted by Crippen LogP contribution is -2.19. The molecular formula is C15H18FN5O. The largest absolute Gasteiger partial charge is 0.352 e. The Morgan fingerprint density at radius 3 is 2.59 bits per heavy atom. The maximum Gasteiger partial charge on any atom is 0.234 e. The van der Waals surface area contributed by atoms with Crippen molar-refractivity contribution < 1.29 is 9.18 Å². The maximum absolute atomic E-state index is 12.8. The van der Waals surface area contributed by atoms with E-state index >= 15 is 0 Å². The van der Waals surface area contributed by atoms with Crippen molar-refractivity contribution in [3.8, 4) is 0 Å². The number of nitrogens with one attached hydrogen (secondary N) is 2. The molecule has 116 valence electrons. The zero-order valence-electron chi connectivity index (χ0n) is 12.5. The van der Waals surface area contributed by atoms with Crippen LogP contribution in [0.3, 0.4) is 0 Å². The van der Waals surface area contributed by atoms with E-state index in [1.54, 1.807) is 12.1 Å². The molecule has 0 aliphatic heterocycles. The maximum atomic E-state index is 12.8.